The van der Waals surface area contributed by atoms with E-state index in [1.807, 2.05) is 18.7 Å². The summed E-state index contributed by atoms with van der Waals surface area (Å²) in [6, 6.07) is 8.39. The Hall–Kier alpha value is -1.20. The van der Waals surface area contributed by atoms with Crippen LogP contribution in [-0.4, -0.2) is 10.3 Å². The highest BCUT2D eigenvalue weighted by molar-refractivity contribution is 8.14. The van der Waals surface area contributed by atoms with E-state index in [0.717, 1.165) is 17.0 Å². The van der Waals surface area contributed by atoms with Gasteiger partial charge in [-0.2, -0.15) is 0 Å². The maximum Gasteiger partial charge on any atom is 0.147 e. The second-order valence-corrected chi connectivity index (χ2v) is 6.27. The van der Waals surface area contributed by atoms with E-state index in [-0.39, 0.29) is 0 Å². The van der Waals surface area contributed by atoms with Crippen molar-refractivity contribution < 1.29 is 0 Å². The lowest BCUT2D eigenvalue weighted by atomic mass is 9.86. The normalized spacial score (nSPS) is 28.4. The Kier molecular flexibility index (Phi) is 3.31. The van der Waals surface area contributed by atoms with Gasteiger partial charge in [0.15, 0.2) is 0 Å². The molecule has 2 heteroatoms. The molecule has 1 heterocycles. The Morgan fingerprint density at radius 3 is 2.82 bits per heavy atom. The molecule has 2 rings (SSSR count). The van der Waals surface area contributed by atoms with Gasteiger partial charge in [0.2, 0.25) is 0 Å². The van der Waals surface area contributed by atoms with Crippen LogP contribution in [0.25, 0.3) is 0 Å². The lowest BCUT2D eigenvalue weighted by Crippen LogP contribution is -2.30. The number of aliphatic imine (C=N–C) groups is 1. The third-order valence-electron chi connectivity index (χ3n) is 3.04. The molecule has 0 aliphatic carbocycles. The highest BCUT2D eigenvalue weighted by Gasteiger charge is 2.35. The van der Waals surface area contributed by atoms with E-state index >= 15 is 0 Å². The van der Waals surface area contributed by atoms with Crippen molar-refractivity contribution in [2.75, 3.05) is 0 Å². The predicted octanol–water partition coefficient (Wildman–Crippen LogP) is 3.77. The van der Waals surface area contributed by atoms with Crippen molar-refractivity contribution in [1.29, 1.82) is 0 Å². The van der Waals surface area contributed by atoms with E-state index in [1.165, 1.54) is 5.56 Å². The minimum absolute atomic E-state index is 0.458. The van der Waals surface area contributed by atoms with E-state index in [9.17, 15) is 0 Å². The zero-order valence-electron chi connectivity index (χ0n) is 10.5. The molecule has 0 bridgehead atoms. The van der Waals surface area contributed by atoms with Crippen LogP contribution in [0.4, 0.5) is 0 Å². The van der Waals surface area contributed by atoms with Gasteiger partial charge >= 0.3 is 0 Å². The number of nitrogens with zero attached hydrogens (tertiary/aromatic N) is 1. The van der Waals surface area contributed by atoms with Crippen LogP contribution < -0.4 is 0 Å². The molecule has 17 heavy (non-hydrogen) atoms. The van der Waals surface area contributed by atoms with Crippen LogP contribution >= 0.6 is 11.8 Å². The zero-order chi connectivity index (χ0) is 12.5. The van der Waals surface area contributed by atoms with Crippen molar-refractivity contribution in [1.82, 2.24) is 0 Å². The first-order chi connectivity index (χ1) is 8.05. The average Bonchev–Trinajstić information content (AvgIpc) is 2.27. The number of benzene rings is 1. The number of hydrogen-bond donors (Lipinski definition) is 0. The lowest BCUT2D eigenvalue weighted by Gasteiger charge is -2.32. The number of aryl methyl sites for hydroxylation is 1. The maximum atomic E-state index is 5.78. The van der Waals surface area contributed by atoms with Crippen LogP contribution in [0.5, 0.6) is 0 Å². The molecular weight excluding hydrogens is 226 g/mol. The Morgan fingerprint density at radius 1 is 1.47 bits per heavy atom. The second-order valence-electron chi connectivity index (χ2n) is 4.64. The third-order valence-corrected chi connectivity index (χ3v) is 4.04. The van der Waals surface area contributed by atoms with Crippen molar-refractivity contribution in [3.8, 4) is 12.3 Å². The van der Waals surface area contributed by atoms with Gasteiger partial charge < -0.3 is 0 Å². The van der Waals surface area contributed by atoms with Gasteiger partial charge in [-0.1, -0.05) is 42.7 Å². The fraction of sp³-hybridized carbons (Fsp3) is 0.400. The Bertz CT molecular complexity index is 498. The van der Waals surface area contributed by atoms with Crippen LogP contribution in [-0.2, 0) is 5.54 Å². The standard InChI is InChI=1S/C15H17NS/c1-5-15(10-12(3)17-13(4)16-15)14-8-6-7-11(2)9-14/h1,6-9,12H,10H2,2-4H3/t12-,15+/m1/s1. The van der Waals surface area contributed by atoms with Crippen LogP contribution in [0.1, 0.15) is 31.4 Å². The number of thioether (sulfide) groups is 1. The topological polar surface area (TPSA) is 12.4 Å². The van der Waals surface area contributed by atoms with Crippen LogP contribution in [0.2, 0.25) is 0 Å². The first-order valence-electron chi connectivity index (χ1n) is 5.84. The summed E-state index contributed by atoms with van der Waals surface area (Å²) in [6.45, 7) is 6.35. The monoisotopic (exact) mass is 243 g/mol. The van der Waals surface area contributed by atoms with Gasteiger partial charge in [-0.25, -0.2) is 0 Å². The minimum Gasteiger partial charge on any atom is -0.259 e. The molecule has 0 unspecified atom stereocenters. The highest BCUT2D eigenvalue weighted by atomic mass is 32.2. The molecule has 0 aromatic heterocycles. The smallest absolute Gasteiger partial charge is 0.147 e. The van der Waals surface area contributed by atoms with E-state index in [1.54, 1.807) is 0 Å². The summed E-state index contributed by atoms with van der Waals surface area (Å²) in [4.78, 5) is 4.74. The molecule has 0 amide bonds. The first-order valence-corrected chi connectivity index (χ1v) is 6.72. The fourth-order valence-corrected chi connectivity index (χ4v) is 3.46. The molecular formula is C15H17NS. The van der Waals surface area contributed by atoms with Gasteiger partial charge in [0.1, 0.15) is 5.54 Å². The molecule has 0 fully saturated rings. The predicted molar refractivity (Wildman–Crippen MR) is 76.5 cm³/mol. The largest absolute Gasteiger partial charge is 0.259 e. The van der Waals surface area contributed by atoms with Crippen LogP contribution in [0.15, 0.2) is 29.3 Å². The lowest BCUT2D eigenvalue weighted by molar-refractivity contribution is 0.530. The molecule has 1 aliphatic heterocycles. The van der Waals surface area contributed by atoms with Gasteiger partial charge in [0.05, 0.1) is 5.04 Å². The number of hydrogen-bond acceptors (Lipinski definition) is 2. The molecule has 88 valence electrons. The van der Waals surface area contributed by atoms with Crippen molar-refractivity contribution in [2.45, 2.75) is 38.0 Å². The van der Waals surface area contributed by atoms with Gasteiger partial charge in [0, 0.05) is 11.7 Å². The SMILES string of the molecule is C#C[C@@]1(c2cccc(C)c2)C[C@@H](C)SC(C)=N1. The van der Waals surface area contributed by atoms with Crippen molar-refractivity contribution in [3.63, 3.8) is 0 Å². The first kappa shape index (κ1) is 12.3. The summed E-state index contributed by atoms with van der Waals surface area (Å²) in [6.07, 6.45) is 6.69. The average molecular weight is 243 g/mol. The van der Waals surface area contributed by atoms with Crippen LogP contribution in [0.3, 0.4) is 0 Å². The molecule has 0 saturated carbocycles. The highest BCUT2D eigenvalue weighted by Crippen LogP contribution is 2.39. The molecule has 0 radical (unpaired) electrons. The van der Waals surface area contributed by atoms with Crippen molar-refractivity contribution in [3.05, 3.63) is 35.4 Å². The third kappa shape index (κ3) is 2.40. The summed E-state index contributed by atoms with van der Waals surface area (Å²) in [5.74, 6) is 2.92. The van der Waals surface area contributed by atoms with Gasteiger partial charge in [-0.3, -0.25) is 4.99 Å². The van der Waals surface area contributed by atoms with Crippen molar-refractivity contribution in [2.24, 2.45) is 4.99 Å². The van der Waals surface area contributed by atoms with Gasteiger partial charge in [-0.15, -0.1) is 18.2 Å². The fourth-order valence-electron chi connectivity index (χ4n) is 2.35. The van der Waals surface area contributed by atoms with E-state index in [4.69, 9.17) is 11.4 Å². The number of rotatable bonds is 1. The minimum atomic E-state index is -0.458. The van der Waals surface area contributed by atoms with Gasteiger partial charge in [-0.05, 0) is 19.4 Å². The summed E-state index contributed by atoms with van der Waals surface area (Å²) >= 11 is 1.81. The van der Waals surface area contributed by atoms with Crippen molar-refractivity contribution >= 4 is 16.8 Å². The molecule has 0 N–H and O–H groups in total. The molecule has 1 aromatic rings. The zero-order valence-corrected chi connectivity index (χ0v) is 11.3. The molecule has 1 aliphatic rings. The van der Waals surface area contributed by atoms with E-state index in [2.05, 4.69) is 44.0 Å². The summed E-state index contributed by atoms with van der Waals surface area (Å²) in [5.41, 5.74) is 1.92. The second kappa shape index (κ2) is 4.58. The quantitative estimate of drug-likeness (QED) is 0.684. The Balaban J connectivity index is 2.52. The summed E-state index contributed by atoms with van der Waals surface area (Å²) in [7, 11) is 0. The summed E-state index contributed by atoms with van der Waals surface area (Å²) in [5, 5.41) is 1.60. The Labute approximate surface area is 108 Å². The number of terminal acetylenes is 1. The Morgan fingerprint density at radius 2 is 2.24 bits per heavy atom. The van der Waals surface area contributed by atoms with E-state index in [0.29, 0.717) is 5.25 Å². The molecule has 0 spiro atoms. The molecule has 1 nitrogen and oxygen atoms in total. The maximum absolute atomic E-state index is 5.78. The molecule has 0 saturated heterocycles. The van der Waals surface area contributed by atoms with E-state index < -0.39 is 5.54 Å². The molecule has 1 aromatic carbocycles. The summed E-state index contributed by atoms with van der Waals surface area (Å²) < 4.78 is 0. The molecule has 2 atom stereocenters. The van der Waals surface area contributed by atoms with Gasteiger partial charge in [0.25, 0.3) is 0 Å². The van der Waals surface area contributed by atoms with Crippen LogP contribution in [0, 0.1) is 19.3 Å².